The molecule has 0 aliphatic heterocycles. The third-order valence-corrected chi connectivity index (χ3v) is 6.61. The van der Waals surface area contributed by atoms with Crippen molar-refractivity contribution in [3.05, 3.63) is 70.8 Å². The van der Waals surface area contributed by atoms with Crippen LogP contribution in [0.4, 0.5) is 0 Å². The predicted molar refractivity (Wildman–Crippen MR) is 101 cm³/mol. The van der Waals surface area contributed by atoms with E-state index in [1.165, 1.54) is 0 Å². The molecule has 1 aromatic heterocycles. The second-order valence-electron chi connectivity index (χ2n) is 5.03. The van der Waals surface area contributed by atoms with Gasteiger partial charge in [0.15, 0.2) is 8.68 Å². The average Bonchev–Trinajstić information content (AvgIpc) is 3.13. The highest BCUT2D eigenvalue weighted by molar-refractivity contribution is 8.02. The van der Waals surface area contributed by atoms with Crippen LogP contribution in [-0.2, 0) is 11.5 Å². The Morgan fingerprint density at radius 1 is 0.720 bits per heavy atom. The van der Waals surface area contributed by atoms with E-state index in [2.05, 4.69) is 22.3 Å². The number of rotatable bonds is 6. The minimum atomic E-state index is 0.672. The van der Waals surface area contributed by atoms with Crippen LogP contribution in [0.15, 0.2) is 57.2 Å². The van der Waals surface area contributed by atoms with Gasteiger partial charge in [-0.25, -0.2) is 0 Å². The second-order valence-corrected chi connectivity index (χ2v) is 8.45. The van der Waals surface area contributed by atoms with Gasteiger partial charge >= 0.3 is 0 Å². The van der Waals surface area contributed by atoms with E-state index >= 15 is 0 Å². The molecule has 4 nitrogen and oxygen atoms in total. The van der Waals surface area contributed by atoms with Crippen LogP contribution < -0.4 is 0 Å². The topological polar surface area (TPSA) is 73.4 Å². The maximum atomic E-state index is 8.81. The van der Waals surface area contributed by atoms with Crippen molar-refractivity contribution >= 4 is 34.9 Å². The van der Waals surface area contributed by atoms with Gasteiger partial charge in [0, 0.05) is 11.5 Å². The second kappa shape index (κ2) is 8.68. The fraction of sp³-hybridized carbons (Fsp3) is 0.111. The molecule has 25 heavy (non-hydrogen) atoms. The highest BCUT2D eigenvalue weighted by atomic mass is 32.2. The summed E-state index contributed by atoms with van der Waals surface area (Å²) >= 11 is 4.88. The van der Waals surface area contributed by atoms with Crippen LogP contribution in [0.3, 0.4) is 0 Å². The van der Waals surface area contributed by atoms with Gasteiger partial charge in [-0.2, -0.15) is 10.5 Å². The number of nitrogens with zero attached hydrogens (tertiary/aromatic N) is 4. The quantitative estimate of drug-likeness (QED) is 0.568. The molecule has 3 aromatic rings. The zero-order chi connectivity index (χ0) is 17.5. The van der Waals surface area contributed by atoms with Gasteiger partial charge in [0.25, 0.3) is 0 Å². The van der Waals surface area contributed by atoms with E-state index in [1.807, 2.05) is 48.5 Å². The summed E-state index contributed by atoms with van der Waals surface area (Å²) in [4.78, 5) is 0. The standard InChI is InChI=1S/C18H12N4S3/c19-9-13-1-5-15(6-2-13)11-23-17-21-22-18(25-17)24-12-16-7-3-14(10-20)4-8-16/h1-8H,11-12H2. The lowest BCUT2D eigenvalue weighted by atomic mass is 10.2. The van der Waals surface area contributed by atoms with E-state index in [0.29, 0.717) is 11.1 Å². The molecule has 7 heteroatoms. The van der Waals surface area contributed by atoms with Crippen molar-refractivity contribution in [2.45, 2.75) is 20.2 Å². The Morgan fingerprint density at radius 3 is 1.48 bits per heavy atom. The van der Waals surface area contributed by atoms with Gasteiger partial charge < -0.3 is 0 Å². The van der Waals surface area contributed by atoms with Crippen molar-refractivity contribution in [3.63, 3.8) is 0 Å². The lowest BCUT2D eigenvalue weighted by Crippen LogP contribution is -1.81. The van der Waals surface area contributed by atoms with Crippen molar-refractivity contribution in [3.8, 4) is 12.1 Å². The molecule has 0 saturated heterocycles. The molecule has 0 unspecified atom stereocenters. The number of thioether (sulfide) groups is 2. The molecule has 2 aromatic carbocycles. The fourth-order valence-electron chi connectivity index (χ4n) is 1.95. The zero-order valence-corrected chi connectivity index (χ0v) is 15.5. The van der Waals surface area contributed by atoms with Crippen LogP contribution in [-0.4, -0.2) is 10.2 Å². The lowest BCUT2D eigenvalue weighted by Gasteiger charge is -1.99. The molecule has 3 rings (SSSR count). The molecule has 0 fully saturated rings. The maximum absolute atomic E-state index is 8.81. The summed E-state index contributed by atoms with van der Waals surface area (Å²) < 4.78 is 1.87. The smallest absolute Gasteiger partial charge is 0.175 e. The molecule has 0 radical (unpaired) electrons. The maximum Gasteiger partial charge on any atom is 0.175 e. The van der Waals surface area contributed by atoms with Crippen molar-refractivity contribution in [1.82, 2.24) is 10.2 Å². The first-order valence-corrected chi connectivity index (χ1v) is 10.1. The van der Waals surface area contributed by atoms with E-state index in [1.54, 1.807) is 34.9 Å². The Kier molecular flexibility index (Phi) is 6.08. The summed E-state index contributed by atoms with van der Waals surface area (Å²) in [6.45, 7) is 0. The third-order valence-electron chi connectivity index (χ3n) is 3.28. The summed E-state index contributed by atoms with van der Waals surface area (Å²) in [5, 5.41) is 26.1. The summed E-state index contributed by atoms with van der Waals surface area (Å²) in [6, 6.07) is 19.4. The van der Waals surface area contributed by atoms with Gasteiger partial charge in [-0.05, 0) is 35.4 Å². The molecule has 0 saturated carbocycles. The lowest BCUT2D eigenvalue weighted by molar-refractivity contribution is 0.954. The molecule has 0 aliphatic rings. The predicted octanol–water partition coefficient (Wildman–Crippen LogP) is 4.87. The highest BCUT2D eigenvalue weighted by Crippen LogP contribution is 2.32. The number of hydrogen-bond acceptors (Lipinski definition) is 7. The molecule has 1 heterocycles. The van der Waals surface area contributed by atoms with Gasteiger partial charge in [0.05, 0.1) is 23.3 Å². The molecule has 0 spiro atoms. The van der Waals surface area contributed by atoms with Gasteiger partial charge in [-0.3, -0.25) is 0 Å². The van der Waals surface area contributed by atoms with E-state index in [4.69, 9.17) is 10.5 Å². The Bertz CT molecular complexity index is 843. The van der Waals surface area contributed by atoms with Gasteiger partial charge in [-0.15, -0.1) is 10.2 Å². The van der Waals surface area contributed by atoms with Crippen LogP contribution in [0, 0.1) is 22.7 Å². The van der Waals surface area contributed by atoms with Crippen LogP contribution >= 0.6 is 34.9 Å². The number of nitriles is 2. The van der Waals surface area contributed by atoms with E-state index in [9.17, 15) is 0 Å². The summed E-state index contributed by atoms with van der Waals surface area (Å²) in [5.74, 6) is 1.61. The minimum Gasteiger partial charge on any atom is -0.192 e. The normalized spacial score (nSPS) is 10.2. The summed E-state index contributed by atoms with van der Waals surface area (Å²) in [6.07, 6.45) is 0. The number of benzene rings is 2. The first kappa shape index (κ1) is 17.5. The Balaban J connectivity index is 1.51. The third kappa shape index (κ3) is 5.07. The molecular formula is C18H12N4S3. The molecule has 122 valence electrons. The summed E-state index contributed by atoms with van der Waals surface area (Å²) in [7, 11) is 0. The largest absolute Gasteiger partial charge is 0.192 e. The summed E-state index contributed by atoms with van der Waals surface area (Å²) in [5.41, 5.74) is 3.66. The van der Waals surface area contributed by atoms with Crippen molar-refractivity contribution in [2.24, 2.45) is 0 Å². The average molecular weight is 381 g/mol. The van der Waals surface area contributed by atoms with Gasteiger partial charge in [0.1, 0.15) is 0 Å². The zero-order valence-electron chi connectivity index (χ0n) is 13.0. The molecule has 0 N–H and O–H groups in total. The van der Waals surface area contributed by atoms with E-state index in [0.717, 1.165) is 31.3 Å². The molecule has 0 amide bonds. The first-order chi connectivity index (χ1) is 12.3. The van der Waals surface area contributed by atoms with Crippen molar-refractivity contribution in [2.75, 3.05) is 0 Å². The fourth-order valence-corrected chi connectivity index (χ4v) is 4.89. The monoisotopic (exact) mass is 380 g/mol. The van der Waals surface area contributed by atoms with Crippen LogP contribution in [0.5, 0.6) is 0 Å². The molecule has 0 atom stereocenters. The number of aromatic nitrogens is 2. The number of hydrogen-bond donors (Lipinski definition) is 0. The van der Waals surface area contributed by atoms with E-state index in [-0.39, 0.29) is 0 Å². The van der Waals surface area contributed by atoms with Crippen LogP contribution in [0.1, 0.15) is 22.3 Å². The van der Waals surface area contributed by atoms with Gasteiger partial charge in [-0.1, -0.05) is 59.1 Å². The highest BCUT2D eigenvalue weighted by Gasteiger charge is 2.07. The van der Waals surface area contributed by atoms with E-state index < -0.39 is 0 Å². The Labute approximate surface area is 158 Å². The Morgan fingerprint density at radius 2 is 1.12 bits per heavy atom. The minimum absolute atomic E-state index is 0.672. The van der Waals surface area contributed by atoms with Crippen LogP contribution in [0.25, 0.3) is 0 Å². The van der Waals surface area contributed by atoms with Crippen LogP contribution in [0.2, 0.25) is 0 Å². The van der Waals surface area contributed by atoms with Gasteiger partial charge in [0.2, 0.25) is 0 Å². The van der Waals surface area contributed by atoms with Crippen molar-refractivity contribution in [1.29, 1.82) is 10.5 Å². The molecule has 0 aliphatic carbocycles. The molecular weight excluding hydrogens is 368 g/mol. The SMILES string of the molecule is N#Cc1ccc(CSc2nnc(SCc3ccc(C#N)cc3)s2)cc1. The van der Waals surface area contributed by atoms with Crippen molar-refractivity contribution < 1.29 is 0 Å². The molecule has 0 bridgehead atoms. The first-order valence-electron chi connectivity index (χ1n) is 7.34. The Hall–Kier alpha value is -2.32.